The largest absolute Gasteiger partial charge is 0.377 e. The number of aromatic nitrogens is 2. The van der Waals surface area contributed by atoms with Gasteiger partial charge in [-0.2, -0.15) is 0 Å². The fourth-order valence-electron chi connectivity index (χ4n) is 1.25. The third-order valence-electron chi connectivity index (χ3n) is 1.99. The van der Waals surface area contributed by atoms with Crippen molar-refractivity contribution in [3.8, 4) is 0 Å². The summed E-state index contributed by atoms with van der Waals surface area (Å²) in [6.07, 6.45) is 1.74. The van der Waals surface area contributed by atoms with Gasteiger partial charge in [-0.3, -0.25) is 0 Å². The van der Waals surface area contributed by atoms with Crippen molar-refractivity contribution < 1.29 is 0 Å². The Morgan fingerprint density at radius 1 is 1.12 bits per heavy atom. The Morgan fingerprint density at radius 2 is 2.00 bits per heavy atom. The van der Waals surface area contributed by atoms with E-state index in [4.69, 9.17) is 0 Å². The number of hydrogen-bond acceptors (Lipinski definition) is 3. The van der Waals surface area contributed by atoms with Crippen LogP contribution < -0.4 is 5.32 Å². The van der Waals surface area contributed by atoms with Crippen LogP contribution in [0.25, 0.3) is 0 Å². The Bertz CT molecular complexity index is 488. The zero-order chi connectivity index (χ0) is 11.4. The monoisotopic (exact) mass is 341 g/mol. The standard InChI is InChI=1S/C11H9Br2N3/c12-10-5-1-3-8(16-10)7-15-9-4-2-6-14-11(9)13/h1-6,15H,7H2. The van der Waals surface area contributed by atoms with Crippen molar-refractivity contribution in [2.75, 3.05) is 5.32 Å². The summed E-state index contributed by atoms with van der Waals surface area (Å²) in [6, 6.07) is 9.70. The van der Waals surface area contributed by atoms with Gasteiger partial charge in [-0.05, 0) is 56.1 Å². The highest BCUT2D eigenvalue weighted by molar-refractivity contribution is 9.10. The Labute approximate surface area is 111 Å². The van der Waals surface area contributed by atoms with Gasteiger partial charge < -0.3 is 5.32 Å². The molecule has 0 spiro atoms. The van der Waals surface area contributed by atoms with Crippen LogP contribution in [0.5, 0.6) is 0 Å². The van der Waals surface area contributed by atoms with Crippen molar-refractivity contribution in [3.05, 3.63) is 51.4 Å². The van der Waals surface area contributed by atoms with Crippen molar-refractivity contribution in [2.45, 2.75) is 6.54 Å². The average molecular weight is 343 g/mol. The first kappa shape index (κ1) is 11.5. The molecule has 0 aliphatic rings. The van der Waals surface area contributed by atoms with Gasteiger partial charge in [0.05, 0.1) is 17.9 Å². The number of nitrogens with one attached hydrogen (secondary N) is 1. The van der Waals surface area contributed by atoms with Gasteiger partial charge in [-0.1, -0.05) is 6.07 Å². The maximum atomic E-state index is 4.34. The maximum Gasteiger partial charge on any atom is 0.129 e. The molecule has 2 aromatic rings. The first-order chi connectivity index (χ1) is 7.75. The second kappa shape index (κ2) is 5.41. The summed E-state index contributed by atoms with van der Waals surface area (Å²) >= 11 is 6.72. The van der Waals surface area contributed by atoms with Crippen LogP contribution in [0.15, 0.2) is 45.7 Å². The van der Waals surface area contributed by atoms with Crippen LogP contribution in [0.1, 0.15) is 5.69 Å². The minimum absolute atomic E-state index is 0.670. The number of pyridine rings is 2. The zero-order valence-electron chi connectivity index (χ0n) is 8.32. The second-order valence-electron chi connectivity index (χ2n) is 3.15. The Hall–Kier alpha value is -0.940. The van der Waals surface area contributed by atoms with Crippen LogP contribution in [0.4, 0.5) is 5.69 Å². The molecule has 16 heavy (non-hydrogen) atoms. The number of nitrogens with zero attached hydrogens (tertiary/aromatic N) is 2. The molecule has 2 rings (SSSR count). The summed E-state index contributed by atoms with van der Waals surface area (Å²) < 4.78 is 1.65. The van der Waals surface area contributed by atoms with Crippen LogP contribution in [0.2, 0.25) is 0 Å². The van der Waals surface area contributed by atoms with Gasteiger partial charge >= 0.3 is 0 Å². The van der Waals surface area contributed by atoms with Crippen molar-refractivity contribution in [1.29, 1.82) is 0 Å². The summed E-state index contributed by atoms with van der Waals surface area (Å²) in [4.78, 5) is 8.47. The third kappa shape index (κ3) is 3.02. The SMILES string of the molecule is Brc1cccc(CNc2cccnc2Br)n1. The van der Waals surface area contributed by atoms with E-state index >= 15 is 0 Å². The lowest BCUT2D eigenvalue weighted by Crippen LogP contribution is -2.02. The lowest BCUT2D eigenvalue weighted by atomic mass is 10.3. The molecule has 0 bridgehead atoms. The number of hydrogen-bond donors (Lipinski definition) is 1. The van der Waals surface area contributed by atoms with Crippen molar-refractivity contribution in [3.63, 3.8) is 0 Å². The number of rotatable bonds is 3. The molecule has 0 unspecified atom stereocenters. The molecule has 0 saturated heterocycles. The van der Waals surface area contributed by atoms with Crippen LogP contribution >= 0.6 is 31.9 Å². The highest BCUT2D eigenvalue weighted by Crippen LogP contribution is 2.19. The Morgan fingerprint density at radius 3 is 2.75 bits per heavy atom. The van der Waals surface area contributed by atoms with Gasteiger partial charge in [0.25, 0.3) is 0 Å². The van der Waals surface area contributed by atoms with E-state index in [1.165, 1.54) is 0 Å². The fraction of sp³-hybridized carbons (Fsp3) is 0.0909. The predicted molar refractivity (Wildman–Crippen MR) is 71.2 cm³/mol. The van der Waals surface area contributed by atoms with Gasteiger partial charge in [0.15, 0.2) is 0 Å². The Balaban J connectivity index is 2.05. The summed E-state index contributed by atoms with van der Waals surface area (Å²) in [7, 11) is 0. The normalized spacial score (nSPS) is 10.1. The van der Waals surface area contributed by atoms with Gasteiger partial charge in [-0.25, -0.2) is 9.97 Å². The molecule has 2 heterocycles. The summed E-state index contributed by atoms with van der Waals surface area (Å²) in [5.41, 5.74) is 1.94. The smallest absolute Gasteiger partial charge is 0.129 e. The summed E-state index contributed by atoms with van der Waals surface area (Å²) in [5.74, 6) is 0. The molecule has 0 aliphatic heterocycles. The molecule has 0 saturated carbocycles. The molecule has 3 nitrogen and oxygen atoms in total. The summed E-state index contributed by atoms with van der Waals surface area (Å²) in [5, 5.41) is 3.26. The van der Waals surface area contributed by atoms with E-state index in [2.05, 4.69) is 47.1 Å². The summed E-state index contributed by atoms with van der Waals surface area (Å²) in [6.45, 7) is 0.670. The van der Waals surface area contributed by atoms with E-state index in [1.807, 2.05) is 30.3 Å². The van der Waals surface area contributed by atoms with Crippen molar-refractivity contribution in [2.24, 2.45) is 0 Å². The highest BCUT2D eigenvalue weighted by Gasteiger charge is 2.00. The molecule has 82 valence electrons. The Kier molecular flexibility index (Phi) is 3.90. The van der Waals surface area contributed by atoms with Gasteiger partial charge in [-0.15, -0.1) is 0 Å². The molecule has 0 atom stereocenters. The molecule has 0 fully saturated rings. The molecule has 5 heteroatoms. The maximum absolute atomic E-state index is 4.34. The molecule has 0 aliphatic carbocycles. The van der Waals surface area contributed by atoms with Crippen LogP contribution in [0.3, 0.4) is 0 Å². The molecular formula is C11H9Br2N3. The van der Waals surface area contributed by atoms with Crippen LogP contribution in [0, 0.1) is 0 Å². The average Bonchev–Trinajstić information content (AvgIpc) is 2.28. The predicted octanol–water partition coefficient (Wildman–Crippen LogP) is 3.61. The molecule has 0 radical (unpaired) electrons. The van der Waals surface area contributed by atoms with E-state index in [1.54, 1.807) is 6.20 Å². The van der Waals surface area contributed by atoms with Gasteiger partial charge in [0.1, 0.15) is 9.21 Å². The van der Waals surface area contributed by atoms with Gasteiger partial charge in [0.2, 0.25) is 0 Å². The van der Waals surface area contributed by atoms with Crippen molar-refractivity contribution >= 4 is 37.5 Å². The van der Waals surface area contributed by atoms with Gasteiger partial charge in [0, 0.05) is 6.20 Å². The minimum Gasteiger partial charge on any atom is -0.377 e. The third-order valence-corrected chi connectivity index (χ3v) is 3.07. The molecule has 0 amide bonds. The van der Waals surface area contributed by atoms with E-state index in [9.17, 15) is 0 Å². The van der Waals surface area contributed by atoms with E-state index < -0.39 is 0 Å². The molecule has 1 N–H and O–H groups in total. The van der Waals surface area contributed by atoms with E-state index in [0.29, 0.717) is 6.54 Å². The van der Waals surface area contributed by atoms with Crippen molar-refractivity contribution in [1.82, 2.24) is 9.97 Å². The first-order valence-electron chi connectivity index (χ1n) is 4.71. The van der Waals surface area contributed by atoms with E-state index in [-0.39, 0.29) is 0 Å². The van der Waals surface area contributed by atoms with E-state index in [0.717, 1.165) is 20.6 Å². The minimum atomic E-state index is 0.670. The first-order valence-corrected chi connectivity index (χ1v) is 6.30. The highest BCUT2D eigenvalue weighted by atomic mass is 79.9. The molecule has 0 aromatic carbocycles. The van der Waals surface area contributed by atoms with Crippen LogP contribution in [-0.4, -0.2) is 9.97 Å². The topological polar surface area (TPSA) is 37.8 Å². The fourth-order valence-corrected chi connectivity index (χ4v) is 2.02. The quantitative estimate of drug-likeness (QED) is 0.866. The lowest BCUT2D eigenvalue weighted by molar-refractivity contribution is 1.03. The zero-order valence-corrected chi connectivity index (χ0v) is 11.5. The molecular weight excluding hydrogens is 334 g/mol. The molecule has 2 aromatic heterocycles. The number of halogens is 2. The van der Waals surface area contributed by atoms with Crippen LogP contribution in [-0.2, 0) is 6.54 Å². The second-order valence-corrected chi connectivity index (χ2v) is 4.71. The lowest BCUT2D eigenvalue weighted by Gasteiger charge is -2.07. The number of anilines is 1.